The van der Waals surface area contributed by atoms with E-state index in [-0.39, 0.29) is 6.42 Å². The van der Waals surface area contributed by atoms with E-state index in [4.69, 9.17) is 16.7 Å². The van der Waals surface area contributed by atoms with Gasteiger partial charge in [-0.15, -0.1) is 0 Å². The van der Waals surface area contributed by atoms with Gasteiger partial charge in [0.25, 0.3) is 0 Å². The van der Waals surface area contributed by atoms with E-state index in [1.54, 1.807) is 6.92 Å². The van der Waals surface area contributed by atoms with E-state index in [0.29, 0.717) is 10.6 Å². The number of nitrogens with zero attached hydrogens (tertiary/aromatic N) is 1. The largest absolute Gasteiger partial charge is 0.393 e. The van der Waals surface area contributed by atoms with Crippen molar-refractivity contribution in [2.45, 2.75) is 19.4 Å². The van der Waals surface area contributed by atoms with Crippen molar-refractivity contribution in [3.05, 3.63) is 28.8 Å². The lowest BCUT2D eigenvalue weighted by Gasteiger charge is -2.04. The van der Waals surface area contributed by atoms with E-state index < -0.39 is 12.1 Å². The Morgan fingerprint density at radius 2 is 2.42 bits per heavy atom. The monoisotopic (exact) mass is 189 g/mol. The third-order valence-corrected chi connectivity index (χ3v) is 1.60. The smallest absolute Gasteiger partial charge is 0.216 e. The molecular weight excluding hydrogens is 181 g/mol. The average molecular weight is 190 g/mol. The van der Waals surface area contributed by atoms with Crippen LogP contribution in [0.15, 0.2) is 12.3 Å². The second-order valence-electron chi connectivity index (χ2n) is 2.66. The van der Waals surface area contributed by atoms with Crippen LogP contribution >= 0.6 is 11.6 Å². The standard InChI is InChI=1S/C8H9ClFNO/c1-5(12)2-6-3-7(9)4-11-8(6)10/h3-5,12H,2H2,1H3/t5-/m0/s1. The molecule has 0 aliphatic heterocycles. The molecule has 0 fully saturated rings. The number of hydrogen-bond acceptors (Lipinski definition) is 2. The number of aliphatic hydroxyl groups is 1. The van der Waals surface area contributed by atoms with Gasteiger partial charge in [-0.25, -0.2) is 4.98 Å². The molecule has 0 amide bonds. The molecule has 1 N–H and O–H groups in total. The van der Waals surface area contributed by atoms with Crippen molar-refractivity contribution in [3.63, 3.8) is 0 Å². The van der Waals surface area contributed by atoms with Crippen molar-refractivity contribution in [1.82, 2.24) is 4.98 Å². The highest BCUT2D eigenvalue weighted by atomic mass is 35.5. The third-order valence-electron chi connectivity index (χ3n) is 1.39. The summed E-state index contributed by atoms with van der Waals surface area (Å²) in [7, 11) is 0. The van der Waals surface area contributed by atoms with E-state index in [1.807, 2.05) is 0 Å². The molecule has 0 unspecified atom stereocenters. The van der Waals surface area contributed by atoms with E-state index >= 15 is 0 Å². The highest BCUT2D eigenvalue weighted by molar-refractivity contribution is 6.30. The van der Waals surface area contributed by atoms with Crippen molar-refractivity contribution in [3.8, 4) is 0 Å². The number of rotatable bonds is 2. The van der Waals surface area contributed by atoms with Crippen molar-refractivity contribution in [2.75, 3.05) is 0 Å². The SMILES string of the molecule is C[C@H](O)Cc1cc(Cl)cnc1F. The Morgan fingerprint density at radius 1 is 1.75 bits per heavy atom. The fourth-order valence-electron chi connectivity index (χ4n) is 0.926. The molecule has 1 aromatic rings. The van der Waals surface area contributed by atoms with Gasteiger partial charge in [-0.05, 0) is 13.0 Å². The first-order chi connectivity index (χ1) is 5.59. The predicted molar refractivity (Wildman–Crippen MR) is 44.6 cm³/mol. The predicted octanol–water partition coefficient (Wildman–Crippen LogP) is 1.80. The molecule has 0 radical (unpaired) electrons. The fourth-order valence-corrected chi connectivity index (χ4v) is 1.11. The molecule has 1 atom stereocenters. The highest BCUT2D eigenvalue weighted by Crippen LogP contribution is 2.13. The summed E-state index contributed by atoms with van der Waals surface area (Å²) in [6, 6.07) is 1.47. The first kappa shape index (κ1) is 9.42. The fraction of sp³-hybridized carbons (Fsp3) is 0.375. The first-order valence-corrected chi connectivity index (χ1v) is 3.95. The van der Waals surface area contributed by atoms with Crippen molar-refractivity contribution >= 4 is 11.6 Å². The summed E-state index contributed by atoms with van der Waals surface area (Å²) < 4.78 is 12.8. The van der Waals surface area contributed by atoms with Crippen LogP contribution in [-0.4, -0.2) is 16.2 Å². The van der Waals surface area contributed by atoms with Crippen molar-refractivity contribution < 1.29 is 9.50 Å². The maximum absolute atomic E-state index is 12.8. The minimum absolute atomic E-state index is 0.236. The molecule has 1 rings (SSSR count). The number of pyridine rings is 1. The van der Waals surface area contributed by atoms with Gasteiger partial charge in [-0.1, -0.05) is 11.6 Å². The van der Waals surface area contributed by atoms with Gasteiger partial charge in [-0.3, -0.25) is 0 Å². The molecule has 66 valence electrons. The molecule has 0 bridgehead atoms. The topological polar surface area (TPSA) is 33.1 Å². The average Bonchev–Trinajstić information content (AvgIpc) is 1.96. The molecule has 2 nitrogen and oxygen atoms in total. The van der Waals surface area contributed by atoms with Crippen LogP contribution in [0, 0.1) is 5.95 Å². The second-order valence-corrected chi connectivity index (χ2v) is 3.09. The van der Waals surface area contributed by atoms with Crippen LogP contribution in [0.1, 0.15) is 12.5 Å². The summed E-state index contributed by atoms with van der Waals surface area (Å²) >= 11 is 5.59. The summed E-state index contributed by atoms with van der Waals surface area (Å²) in [4.78, 5) is 3.42. The quantitative estimate of drug-likeness (QED) is 0.720. The molecule has 0 saturated heterocycles. The number of halogens is 2. The Morgan fingerprint density at radius 3 is 3.00 bits per heavy atom. The molecule has 4 heteroatoms. The maximum atomic E-state index is 12.8. The molecule has 0 spiro atoms. The second kappa shape index (κ2) is 3.83. The molecule has 0 aliphatic carbocycles. The number of hydrogen-bond donors (Lipinski definition) is 1. The first-order valence-electron chi connectivity index (χ1n) is 3.57. The van der Waals surface area contributed by atoms with Gasteiger partial charge < -0.3 is 5.11 Å². The van der Waals surface area contributed by atoms with Gasteiger partial charge in [0.15, 0.2) is 0 Å². The molecule has 12 heavy (non-hydrogen) atoms. The minimum Gasteiger partial charge on any atom is -0.393 e. The zero-order chi connectivity index (χ0) is 9.14. The Bertz CT molecular complexity index is 278. The molecule has 1 aromatic heterocycles. The van der Waals surface area contributed by atoms with Crippen LogP contribution in [0.2, 0.25) is 5.02 Å². The van der Waals surface area contributed by atoms with E-state index in [1.165, 1.54) is 12.3 Å². The van der Waals surface area contributed by atoms with E-state index in [2.05, 4.69) is 4.98 Å². The van der Waals surface area contributed by atoms with E-state index in [0.717, 1.165) is 0 Å². The Labute approximate surface area is 75.0 Å². The lowest BCUT2D eigenvalue weighted by molar-refractivity contribution is 0.193. The Balaban J connectivity index is 2.90. The van der Waals surface area contributed by atoms with E-state index in [9.17, 15) is 4.39 Å². The zero-order valence-corrected chi connectivity index (χ0v) is 7.35. The summed E-state index contributed by atoms with van der Waals surface area (Å²) in [6.07, 6.45) is 0.890. The Hall–Kier alpha value is -0.670. The molecule has 0 aromatic carbocycles. The molecule has 0 saturated carbocycles. The van der Waals surface area contributed by atoms with Crippen LogP contribution < -0.4 is 0 Å². The normalized spacial score (nSPS) is 13.0. The van der Waals surface area contributed by atoms with Crippen LogP contribution in [0.4, 0.5) is 4.39 Å². The zero-order valence-electron chi connectivity index (χ0n) is 6.59. The van der Waals surface area contributed by atoms with Crippen LogP contribution in [0.3, 0.4) is 0 Å². The van der Waals surface area contributed by atoms with Crippen LogP contribution in [-0.2, 0) is 6.42 Å². The lowest BCUT2D eigenvalue weighted by atomic mass is 10.1. The molecule has 0 aliphatic rings. The number of aliphatic hydroxyl groups excluding tert-OH is 1. The van der Waals surface area contributed by atoms with Crippen molar-refractivity contribution in [1.29, 1.82) is 0 Å². The van der Waals surface area contributed by atoms with Gasteiger partial charge in [0.05, 0.1) is 11.1 Å². The summed E-state index contributed by atoms with van der Waals surface area (Å²) in [5, 5.41) is 9.37. The van der Waals surface area contributed by atoms with Gasteiger partial charge >= 0.3 is 0 Å². The number of aromatic nitrogens is 1. The Kier molecular flexibility index (Phi) is 3.00. The van der Waals surface area contributed by atoms with Gasteiger partial charge in [0, 0.05) is 18.2 Å². The minimum atomic E-state index is -0.584. The summed E-state index contributed by atoms with van der Waals surface area (Å²) in [5.74, 6) is -0.569. The lowest BCUT2D eigenvalue weighted by Crippen LogP contribution is -2.06. The maximum Gasteiger partial charge on any atom is 0.216 e. The van der Waals surface area contributed by atoms with Gasteiger partial charge in [-0.2, -0.15) is 4.39 Å². The van der Waals surface area contributed by atoms with Gasteiger partial charge in [0.2, 0.25) is 5.95 Å². The summed E-state index contributed by atoms with van der Waals surface area (Å²) in [5.41, 5.74) is 0.345. The molecular formula is C8H9ClFNO. The van der Waals surface area contributed by atoms with Gasteiger partial charge in [0.1, 0.15) is 0 Å². The third kappa shape index (κ3) is 2.43. The highest BCUT2D eigenvalue weighted by Gasteiger charge is 2.06. The van der Waals surface area contributed by atoms with Crippen LogP contribution in [0.25, 0.3) is 0 Å². The summed E-state index contributed by atoms with van der Waals surface area (Å²) in [6.45, 7) is 1.58. The molecule has 1 heterocycles. The van der Waals surface area contributed by atoms with Crippen molar-refractivity contribution in [2.24, 2.45) is 0 Å². The van der Waals surface area contributed by atoms with Crippen LogP contribution in [0.5, 0.6) is 0 Å².